The molecule has 2 fully saturated rings. The Morgan fingerprint density at radius 3 is 1.17 bits per heavy atom. The molecule has 2 saturated carbocycles. The molecular formula is C18H34. The fourth-order valence-corrected chi connectivity index (χ4v) is 4.87. The van der Waals surface area contributed by atoms with E-state index in [4.69, 9.17) is 0 Å². The van der Waals surface area contributed by atoms with Crippen molar-refractivity contribution in [1.29, 1.82) is 0 Å². The molecule has 2 aliphatic carbocycles. The van der Waals surface area contributed by atoms with Crippen LogP contribution in [0.2, 0.25) is 0 Å². The molecule has 0 atom stereocenters. The van der Waals surface area contributed by atoms with Gasteiger partial charge in [0, 0.05) is 0 Å². The monoisotopic (exact) mass is 250 g/mol. The zero-order valence-corrected chi connectivity index (χ0v) is 12.8. The highest BCUT2D eigenvalue weighted by atomic mass is 14.4. The van der Waals surface area contributed by atoms with Crippen molar-refractivity contribution in [2.75, 3.05) is 0 Å². The lowest BCUT2D eigenvalue weighted by Gasteiger charge is -2.36. The van der Waals surface area contributed by atoms with Gasteiger partial charge >= 0.3 is 0 Å². The van der Waals surface area contributed by atoms with Gasteiger partial charge in [-0.3, -0.25) is 0 Å². The average molecular weight is 250 g/mol. The van der Waals surface area contributed by atoms with Gasteiger partial charge in [-0.05, 0) is 23.7 Å². The van der Waals surface area contributed by atoms with E-state index in [1.807, 2.05) is 0 Å². The maximum atomic E-state index is 2.50. The molecule has 0 heterocycles. The van der Waals surface area contributed by atoms with Crippen molar-refractivity contribution in [3.8, 4) is 0 Å². The second-order valence-corrected chi connectivity index (χ2v) is 7.32. The molecule has 0 aromatic heterocycles. The Labute approximate surface area is 115 Å². The van der Waals surface area contributed by atoms with E-state index >= 15 is 0 Å². The van der Waals surface area contributed by atoms with Gasteiger partial charge in [0.1, 0.15) is 0 Å². The van der Waals surface area contributed by atoms with Gasteiger partial charge < -0.3 is 0 Å². The van der Waals surface area contributed by atoms with Gasteiger partial charge in [-0.15, -0.1) is 0 Å². The van der Waals surface area contributed by atoms with E-state index in [0.29, 0.717) is 0 Å². The Kier molecular flexibility index (Phi) is 6.05. The van der Waals surface area contributed by atoms with Crippen molar-refractivity contribution in [3.05, 3.63) is 0 Å². The summed E-state index contributed by atoms with van der Waals surface area (Å²) in [5, 5.41) is 0. The zero-order chi connectivity index (χ0) is 12.8. The van der Waals surface area contributed by atoms with Crippen molar-refractivity contribution < 1.29 is 0 Å². The first-order valence-corrected chi connectivity index (χ1v) is 8.79. The molecule has 106 valence electrons. The highest BCUT2D eigenvalue weighted by molar-refractivity contribution is 4.82. The fraction of sp³-hybridized carbons (Fsp3) is 1.00. The summed E-state index contributed by atoms with van der Waals surface area (Å²) in [6, 6.07) is 0. The minimum atomic E-state index is 0.913. The van der Waals surface area contributed by atoms with Gasteiger partial charge in [0.2, 0.25) is 0 Å². The van der Waals surface area contributed by atoms with Gasteiger partial charge in [0.05, 0.1) is 0 Å². The van der Waals surface area contributed by atoms with Crippen LogP contribution in [0.4, 0.5) is 0 Å². The molecule has 0 heteroatoms. The Bertz CT molecular complexity index is 182. The van der Waals surface area contributed by atoms with E-state index < -0.39 is 0 Å². The van der Waals surface area contributed by atoms with Crippen molar-refractivity contribution >= 4 is 0 Å². The molecule has 2 aliphatic rings. The van der Waals surface area contributed by atoms with Gasteiger partial charge in [-0.1, -0.05) is 90.9 Å². The summed E-state index contributed by atoms with van der Waals surface area (Å²) >= 11 is 0. The van der Waals surface area contributed by atoms with Gasteiger partial charge in [0.25, 0.3) is 0 Å². The molecule has 0 amide bonds. The lowest BCUT2D eigenvalue weighted by molar-refractivity contribution is 0.135. The minimum Gasteiger partial charge on any atom is -0.0625 e. The molecule has 2 rings (SSSR count). The first-order chi connectivity index (χ1) is 8.79. The second-order valence-electron chi connectivity index (χ2n) is 7.32. The predicted octanol–water partition coefficient (Wildman–Crippen LogP) is 6.20. The summed E-state index contributed by atoms with van der Waals surface area (Å²) < 4.78 is 0. The fourth-order valence-electron chi connectivity index (χ4n) is 4.87. The van der Waals surface area contributed by atoms with Crippen LogP contribution >= 0.6 is 0 Å². The summed E-state index contributed by atoms with van der Waals surface area (Å²) in [5.74, 6) is 4.09. The van der Waals surface area contributed by atoms with Crippen molar-refractivity contribution in [2.24, 2.45) is 23.7 Å². The molecular weight excluding hydrogens is 216 g/mol. The van der Waals surface area contributed by atoms with Gasteiger partial charge in [0.15, 0.2) is 0 Å². The van der Waals surface area contributed by atoms with Crippen molar-refractivity contribution in [2.45, 2.75) is 90.9 Å². The molecule has 0 N–H and O–H groups in total. The first-order valence-electron chi connectivity index (χ1n) is 8.79. The lowest BCUT2D eigenvalue weighted by Crippen LogP contribution is -2.28. The summed E-state index contributed by atoms with van der Waals surface area (Å²) in [4.78, 5) is 0. The van der Waals surface area contributed by atoms with Crippen LogP contribution in [0.5, 0.6) is 0 Å². The third-order valence-electron chi connectivity index (χ3n) is 5.66. The van der Waals surface area contributed by atoms with Gasteiger partial charge in [-0.25, -0.2) is 0 Å². The van der Waals surface area contributed by atoms with Crippen molar-refractivity contribution in [1.82, 2.24) is 0 Å². The molecule has 0 radical (unpaired) electrons. The number of rotatable bonds is 3. The molecule has 0 saturated heterocycles. The zero-order valence-electron chi connectivity index (χ0n) is 12.8. The standard InChI is InChI=1S/C18H34/c1-15(2)18(16-11-7-3-4-8-12-16)17-13-9-5-6-10-14-17/h15-18H,3-14H2,1-2H3. The van der Waals surface area contributed by atoms with E-state index in [9.17, 15) is 0 Å². The molecule has 0 aromatic carbocycles. The Morgan fingerprint density at radius 2 is 0.889 bits per heavy atom. The minimum absolute atomic E-state index is 0.913. The molecule has 0 spiro atoms. The highest BCUT2D eigenvalue weighted by Gasteiger charge is 2.32. The van der Waals surface area contributed by atoms with Crippen LogP contribution in [0, 0.1) is 23.7 Å². The summed E-state index contributed by atoms with van der Waals surface area (Å²) in [7, 11) is 0. The predicted molar refractivity (Wildman–Crippen MR) is 80.7 cm³/mol. The van der Waals surface area contributed by atoms with Crippen LogP contribution in [-0.4, -0.2) is 0 Å². The maximum absolute atomic E-state index is 2.50. The lowest BCUT2D eigenvalue weighted by atomic mass is 9.69. The number of hydrogen-bond acceptors (Lipinski definition) is 0. The Morgan fingerprint density at radius 1 is 0.556 bits per heavy atom. The largest absolute Gasteiger partial charge is 0.0625 e. The molecule has 0 unspecified atom stereocenters. The maximum Gasteiger partial charge on any atom is -0.0334 e. The molecule has 0 aliphatic heterocycles. The van der Waals surface area contributed by atoms with Crippen LogP contribution in [0.25, 0.3) is 0 Å². The van der Waals surface area contributed by atoms with E-state index in [1.54, 1.807) is 25.7 Å². The molecule has 0 nitrogen and oxygen atoms in total. The highest BCUT2D eigenvalue weighted by Crippen LogP contribution is 2.42. The van der Waals surface area contributed by atoms with Crippen molar-refractivity contribution in [3.63, 3.8) is 0 Å². The first kappa shape index (κ1) is 14.4. The SMILES string of the molecule is CC(C)C(C1CCCCCC1)C1CCCCCC1. The molecule has 0 aromatic rings. The van der Waals surface area contributed by atoms with Crippen LogP contribution in [-0.2, 0) is 0 Å². The van der Waals surface area contributed by atoms with Crippen LogP contribution < -0.4 is 0 Å². The topological polar surface area (TPSA) is 0 Å². The Balaban J connectivity index is 2.00. The quantitative estimate of drug-likeness (QED) is 0.523. The third kappa shape index (κ3) is 4.00. The smallest absolute Gasteiger partial charge is 0.0334 e. The second kappa shape index (κ2) is 7.56. The third-order valence-corrected chi connectivity index (χ3v) is 5.66. The van der Waals surface area contributed by atoms with Crippen LogP contribution in [0.15, 0.2) is 0 Å². The van der Waals surface area contributed by atoms with E-state index in [1.165, 1.54) is 51.4 Å². The van der Waals surface area contributed by atoms with E-state index in [2.05, 4.69) is 13.8 Å². The van der Waals surface area contributed by atoms with Crippen LogP contribution in [0.1, 0.15) is 90.9 Å². The summed E-state index contributed by atoms with van der Waals surface area (Å²) in [6.07, 6.45) is 18.2. The van der Waals surface area contributed by atoms with E-state index in [-0.39, 0.29) is 0 Å². The van der Waals surface area contributed by atoms with Gasteiger partial charge in [-0.2, -0.15) is 0 Å². The molecule has 18 heavy (non-hydrogen) atoms. The Hall–Kier alpha value is 0. The van der Waals surface area contributed by atoms with E-state index in [0.717, 1.165) is 23.7 Å². The molecule has 0 bridgehead atoms. The normalized spacial score (nSPS) is 25.3. The summed E-state index contributed by atoms with van der Waals surface area (Å²) in [5.41, 5.74) is 0. The number of hydrogen-bond donors (Lipinski definition) is 0. The summed E-state index contributed by atoms with van der Waals surface area (Å²) in [6.45, 7) is 5.00. The average Bonchev–Trinajstić information content (AvgIpc) is 2.74. The van der Waals surface area contributed by atoms with Crippen LogP contribution in [0.3, 0.4) is 0 Å².